The molecule has 0 radical (unpaired) electrons. The summed E-state index contributed by atoms with van der Waals surface area (Å²) in [6.07, 6.45) is 0.896. The van der Waals surface area contributed by atoms with Crippen LogP contribution < -0.4 is 16.8 Å². The van der Waals surface area contributed by atoms with Crippen LogP contribution >= 0.6 is 22.7 Å². The molecule has 0 aliphatic carbocycles. The number of nitrogens with zero attached hydrogens (tertiary/aromatic N) is 1. The van der Waals surface area contributed by atoms with Crippen molar-refractivity contribution < 1.29 is 0 Å². The predicted molar refractivity (Wildman–Crippen MR) is 73.7 cm³/mol. The van der Waals surface area contributed by atoms with E-state index in [0.29, 0.717) is 11.7 Å². The second kappa shape index (κ2) is 5.26. The molecule has 2 heterocycles. The lowest BCUT2D eigenvalue weighted by molar-refractivity contribution is 0.989. The molecule has 0 saturated heterocycles. The molecule has 0 fully saturated rings. The molecule has 2 aromatic rings. The minimum atomic E-state index is -0.0964. The van der Waals surface area contributed by atoms with Crippen LogP contribution in [-0.4, -0.2) is 17.5 Å². The molecule has 6 N–H and O–H groups in total. The maximum atomic E-state index is 7.13. The van der Waals surface area contributed by atoms with Gasteiger partial charge in [0.1, 0.15) is 0 Å². The fourth-order valence-electron chi connectivity index (χ4n) is 1.35. The number of guanidine groups is 1. The first kappa shape index (κ1) is 12.0. The van der Waals surface area contributed by atoms with E-state index >= 15 is 0 Å². The summed E-state index contributed by atoms with van der Waals surface area (Å²) in [4.78, 5) is 6.73. The van der Waals surface area contributed by atoms with Crippen LogP contribution in [0.3, 0.4) is 0 Å². The van der Waals surface area contributed by atoms with Crippen LogP contribution in [0.4, 0.5) is 5.13 Å². The van der Waals surface area contributed by atoms with Gasteiger partial charge >= 0.3 is 0 Å². The topological polar surface area (TPSA) is 101 Å². The minimum absolute atomic E-state index is 0.0964. The van der Waals surface area contributed by atoms with Crippen LogP contribution in [0.15, 0.2) is 17.5 Å². The third-order valence-corrected chi connectivity index (χ3v) is 3.98. The van der Waals surface area contributed by atoms with Crippen molar-refractivity contribution in [1.82, 2.24) is 4.98 Å². The molecule has 7 heteroatoms. The zero-order valence-electron chi connectivity index (χ0n) is 9.06. The normalized spacial score (nSPS) is 10.4. The molecule has 90 valence electrons. The Morgan fingerprint density at radius 2 is 2.29 bits per heavy atom. The number of thiophene rings is 1. The highest BCUT2D eigenvalue weighted by molar-refractivity contribution is 7.17. The molecule has 0 unspecified atom stereocenters. The van der Waals surface area contributed by atoms with Gasteiger partial charge in [-0.25, -0.2) is 4.98 Å². The van der Waals surface area contributed by atoms with Crippen molar-refractivity contribution in [3.05, 3.63) is 22.4 Å². The van der Waals surface area contributed by atoms with Gasteiger partial charge in [-0.15, -0.1) is 22.7 Å². The number of aromatic nitrogens is 1. The first-order valence-electron chi connectivity index (χ1n) is 5.05. The molecule has 0 aromatic carbocycles. The van der Waals surface area contributed by atoms with Crippen LogP contribution in [0, 0.1) is 5.41 Å². The van der Waals surface area contributed by atoms with E-state index < -0.39 is 0 Å². The highest BCUT2D eigenvalue weighted by atomic mass is 32.1. The van der Waals surface area contributed by atoms with Crippen molar-refractivity contribution >= 4 is 33.8 Å². The van der Waals surface area contributed by atoms with E-state index in [4.69, 9.17) is 16.9 Å². The average molecular weight is 267 g/mol. The van der Waals surface area contributed by atoms with Crippen LogP contribution in [-0.2, 0) is 6.42 Å². The minimum Gasteiger partial charge on any atom is -0.370 e. The summed E-state index contributed by atoms with van der Waals surface area (Å²) in [5.74, 6) is -0.0964. The zero-order chi connectivity index (χ0) is 12.3. The molecule has 0 amide bonds. The number of rotatable bonds is 4. The van der Waals surface area contributed by atoms with Crippen LogP contribution in [0.5, 0.6) is 0 Å². The summed E-state index contributed by atoms with van der Waals surface area (Å²) in [6.45, 7) is 0.661. The Morgan fingerprint density at radius 1 is 1.47 bits per heavy atom. The van der Waals surface area contributed by atoms with Crippen LogP contribution in [0.25, 0.3) is 10.6 Å². The molecule has 17 heavy (non-hydrogen) atoms. The number of anilines is 1. The van der Waals surface area contributed by atoms with E-state index in [9.17, 15) is 0 Å². The Kier molecular flexibility index (Phi) is 3.72. The first-order chi connectivity index (χ1) is 8.19. The smallest absolute Gasteiger partial charge is 0.192 e. The predicted octanol–water partition coefficient (Wildman–Crippen LogP) is 1.68. The number of nitrogens with two attached hydrogens (primary N) is 2. The van der Waals surface area contributed by atoms with Gasteiger partial charge in [0.25, 0.3) is 0 Å². The van der Waals surface area contributed by atoms with E-state index in [1.807, 2.05) is 11.4 Å². The quantitative estimate of drug-likeness (QED) is 0.500. The van der Waals surface area contributed by atoms with Crippen LogP contribution in [0.1, 0.15) is 4.88 Å². The Labute approximate surface area is 107 Å². The SMILES string of the molecule is N=C(N)Nc1nc(-c2ccc(CCN)s2)cs1. The number of thiazole rings is 1. The molecule has 5 nitrogen and oxygen atoms in total. The molecule has 2 rings (SSSR count). The van der Waals surface area contributed by atoms with Crippen molar-refractivity contribution in [3.63, 3.8) is 0 Å². The first-order valence-corrected chi connectivity index (χ1v) is 6.74. The summed E-state index contributed by atoms with van der Waals surface area (Å²) in [7, 11) is 0. The van der Waals surface area contributed by atoms with Crippen molar-refractivity contribution in [2.75, 3.05) is 11.9 Å². The maximum Gasteiger partial charge on any atom is 0.192 e. The Balaban J connectivity index is 2.15. The van der Waals surface area contributed by atoms with Gasteiger partial charge in [-0.2, -0.15) is 0 Å². The fraction of sp³-hybridized carbons (Fsp3) is 0.200. The van der Waals surface area contributed by atoms with Gasteiger partial charge in [0.15, 0.2) is 11.1 Å². The van der Waals surface area contributed by atoms with Gasteiger partial charge in [-0.05, 0) is 25.1 Å². The molecule has 0 saturated carbocycles. The lowest BCUT2D eigenvalue weighted by atomic mass is 10.3. The molecular formula is C10H13N5S2. The molecule has 2 aromatic heterocycles. The summed E-state index contributed by atoms with van der Waals surface area (Å²) in [5.41, 5.74) is 11.7. The summed E-state index contributed by atoms with van der Waals surface area (Å²) >= 11 is 3.13. The second-order valence-electron chi connectivity index (χ2n) is 3.38. The Hall–Kier alpha value is -1.44. The van der Waals surface area contributed by atoms with Gasteiger partial charge in [0.05, 0.1) is 10.6 Å². The fourth-order valence-corrected chi connectivity index (χ4v) is 3.13. The van der Waals surface area contributed by atoms with Crippen LogP contribution in [0.2, 0.25) is 0 Å². The standard InChI is InChI=1S/C10H13N5S2/c11-4-3-6-1-2-8(17-6)7-5-16-10(14-7)15-9(12)13/h1-2,5H,3-4,11H2,(H4,12,13,14,15). The lowest BCUT2D eigenvalue weighted by Crippen LogP contribution is -2.20. The zero-order valence-corrected chi connectivity index (χ0v) is 10.7. The number of nitrogens with one attached hydrogen (secondary N) is 2. The Bertz CT molecular complexity index is 516. The monoisotopic (exact) mass is 267 g/mol. The Morgan fingerprint density at radius 3 is 3.00 bits per heavy atom. The molecule has 0 aliphatic heterocycles. The number of hydrogen-bond acceptors (Lipinski definition) is 5. The summed E-state index contributed by atoms with van der Waals surface area (Å²) in [6, 6.07) is 4.12. The van der Waals surface area contributed by atoms with Crippen molar-refractivity contribution in [2.45, 2.75) is 6.42 Å². The van der Waals surface area contributed by atoms with Gasteiger partial charge in [-0.1, -0.05) is 0 Å². The van der Waals surface area contributed by atoms with Crippen molar-refractivity contribution in [3.8, 4) is 10.6 Å². The molecule has 0 atom stereocenters. The molecule has 0 bridgehead atoms. The van der Waals surface area contributed by atoms with E-state index in [0.717, 1.165) is 17.0 Å². The average Bonchev–Trinajstić information content (AvgIpc) is 2.86. The second-order valence-corrected chi connectivity index (χ2v) is 5.41. The van der Waals surface area contributed by atoms with Gasteiger partial charge in [-0.3, -0.25) is 5.41 Å². The van der Waals surface area contributed by atoms with Gasteiger partial charge in [0, 0.05) is 10.3 Å². The number of hydrogen-bond donors (Lipinski definition) is 4. The molecular weight excluding hydrogens is 254 g/mol. The van der Waals surface area contributed by atoms with Gasteiger partial charge in [0.2, 0.25) is 0 Å². The summed E-state index contributed by atoms with van der Waals surface area (Å²) in [5, 5.41) is 12.4. The largest absolute Gasteiger partial charge is 0.370 e. The van der Waals surface area contributed by atoms with E-state index in [-0.39, 0.29) is 5.96 Å². The molecule has 0 spiro atoms. The van der Waals surface area contributed by atoms with E-state index in [2.05, 4.69) is 16.4 Å². The van der Waals surface area contributed by atoms with E-state index in [1.54, 1.807) is 11.3 Å². The van der Waals surface area contributed by atoms with Crippen molar-refractivity contribution in [1.29, 1.82) is 5.41 Å². The highest BCUT2D eigenvalue weighted by Crippen LogP contribution is 2.30. The van der Waals surface area contributed by atoms with Gasteiger partial charge < -0.3 is 16.8 Å². The van der Waals surface area contributed by atoms with E-state index in [1.165, 1.54) is 16.2 Å². The maximum absolute atomic E-state index is 7.13. The lowest BCUT2D eigenvalue weighted by Gasteiger charge is -1.95. The molecule has 0 aliphatic rings. The highest BCUT2D eigenvalue weighted by Gasteiger charge is 2.07. The third-order valence-electron chi connectivity index (χ3n) is 2.05. The van der Waals surface area contributed by atoms with Crippen molar-refractivity contribution in [2.24, 2.45) is 11.5 Å². The summed E-state index contributed by atoms with van der Waals surface area (Å²) < 4.78 is 0. The third kappa shape index (κ3) is 3.02.